The van der Waals surface area contributed by atoms with E-state index >= 15 is 0 Å². The number of hydrogen-bond donors (Lipinski definition) is 1. The van der Waals surface area contributed by atoms with Crippen molar-refractivity contribution in [3.05, 3.63) is 29.6 Å². The highest BCUT2D eigenvalue weighted by molar-refractivity contribution is 5.30. The van der Waals surface area contributed by atoms with Crippen LogP contribution in [0.2, 0.25) is 0 Å². The molecule has 88 valence electrons. The standard InChI is InChI=1S/C13H18FNO/c1-9-4-3-5-12(13(9)14)16-11-7-6-10(8-11)15-2/h3-5,10-11,15H,6-8H2,1-2H3. The Hall–Kier alpha value is -1.09. The van der Waals surface area contributed by atoms with E-state index in [4.69, 9.17) is 4.74 Å². The summed E-state index contributed by atoms with van der Waals surface area (Å²) in [6, 6.07) is 5.80. The second-order valence-electron chi connectivity index (χ2n) is 4.43. The van der Waals surface area contributed by atoms with E-state index in [2.05, 4.69) is 5.32 Å². The number of nitrogens with one attached hydrogen (secondary N) is 1. The fourth-order valence-corrected chi connectivity index (χ4v) is 2.20. The molecule has 2 rings (SSSR count). The van der Waals surface area contributed by atoms with Crippen molar-refractivity contribution in [1.29, 1.82) is 0 Å². The van der Waals surface area contributed by atoms with Crippen LogP contribution in [0, 0.1) is 12.7 Å². The Morgan fingerprint density at radius 3 is 2.88 bits per heavy atom. The van der Waals surface area contributed by atoms with Gasteiger partial charge < -0.3 is 10.1 Å². The normalized spacial score (nSPS) is 24.7. The lowest BCUT2D eigenvalue weighted by Crippen LogP contribution is -2.23. The van der Waals surface area contributed by atoms with Gasteiger partial charge in [-0.15, -0.1) is 0 Å². The lowest BCUT2D eigenvalue weighted by Gasteiger charge is -2.15. The van der Waals surface area contributed by atoms with Crippen molar-refractivity contribution in [2.45, 2.75) is 38.3 Å². The molecule has 0 aliphatic heterocycles. The fraction of sp³-hybridized carbons (Fsp3) is 0.538. The lowest BCUT2D eigenvalue weighted by molar-refractivity contribution is 0.197. The summed E-state index contributed by atoms with van der Waals surface area (Å²) in [5.41, 5.74) is 0.640. The van der Waals surface area contributed by atoms with Gasteiger partial charge in [0.25, 0.3) is 0 Å². The molecule has 1 N–H and O–H groups in total. The molecule has 2 atom stereocenters. The SMILES string of the molecule is CNC1CCC(Oc2cccc(C)c2F)C1. The highest BCUT2D eigenvalue weighted by Crippen LogP contribution is 2.27. The van der Waals surface area contributed by atoms with E-state index in [1.54, 1.807) is 19.1 Å². The van der Waals surface area contributed by atoms with Gasteiger partial charge in [-0.1, -0.05) is 12.1 Å². The molecule has 0 saturated heterocycles. The second kappa shape index (κ2) is 4.83. The predicted octanol–water partition coefficient (Wildman–Crippen LogP) is 2.65. The van der Waals surface area contributed by atoms with Gasteiger partial charge in [0.15, 0.2) is 11.6 Å². The summed E-state index contributed by atoms with van der Waals surface area (Å²) in [4.78, 5) is 0. The van der Waals surface area contributed by atoms with Crippen molar-refractivity contribution < 1.29 is 9.13 Å². The van der Waals surface area contributed by atoms with Crippen LogP contribution < -0.4 is 10.1 Å². The van der Waals surface area contributed by atoms with E-state index < -0.39 is 0 Å². The molecular weight excluding hydrogens is 205 g/mol. The summed E-state index contributed by atoms with van der Waals surface area (Å²) in [7, 11) is 1.96. The maximum absolute atomic E-state index is 13.7. The minimum Gasteiger partial charge on any atom is -0.487 e. The first-order chi connectivity index (χ1) is 7.70. The van der Waals surface area contributed by atoms with E-state index in [1.165, 1.54) is 0 Å². The molecule has 1 fully saturated rings. The smallest absolute Gasteiger partial charge is 0.167 e. The average Bonchev–Trinajstić information content (AvgIpc) is 2.73. The molecule has 1 aliphatic rings. The number of benzene rings is 1. The van der Waals surface area contributed by atoms with E-state index in [-0.39, 0.29) is 11.9 Å². The number of halogens is 1. The monoisotopic (exact) mass is 223 g/mol. The van der Waals surface area contributed by atoms with Crippen LogP contribution in [0.3, 0.4) is 0 Å². The second-order valence-corrected chi connectivity index (χ2v) is 4.43. The summed E-state index contributed by atoms with van der Waals surface area (Å²) in [6.07, 6.45) is 3.21. The van der Waals surface area contributed by atoms with Crippen molar-refractivity contribution in [2.75, 3.05) is 7.05 Å². The van der Waals surface area contributed by atoms with Gasteiger partial charge in [-0.2, -0.15) is 0 Å². The number of hydrogen-bond acceptors (Lipinski definition) is 2. The molecule has 16 heavy (non-hydrogen) atoms. The van der Waals surface area contributed by atoms with E-state index in [1.807, 2.05) is 13.1 Å². The third kappa shape index (κ3) is 2.35. The van der Waals surface area contributed by atoms with Gasteiger partial charge >= 0.3 is 0 Å². The van der Waals surface area contributed by atoms with Crippen LogP contribution in [0.4, 0.5) is 4.39 Å². The average molecular weight is 223 g/mol. The lowest BCUT2D eigenvalue weighted by atomic mass is 10.2. The zero-order chi connectivity index (χ0) is 11.5. The van der Waals surface area contributed by atoms with Crippen LogP contribution in [-0.4, -0.2) is 19.2 Å². The third-order valence-electron chi connectivity index (χ3n) is 3.24. The van der Waals surface area contributed by atoms with Crippen LogP contribution in [-0.2, 0) is 0 Å². The maximum atomic E-state index is 13.7. The van der Waals surface area contributed by atoms with Gasteiger partial charge in [0.05, 0.1) is 0 Å². The Morgan fingerprint density at radius 2 is 2.19 bits per heavy atom. The molecule has 1 saturated carbocycles. The third-order valence-corrected chi connectivity index (χ3v) is 3.24. The van der Waals surface area contributed by atoms with E-state index in [0.29, 0.717) is 17.4 Å². The number of rotatable bonds is 3. The molecule has 0 spiro atoms. The predicted molar refractivity (Wildman–Crippen MR) is 62.3 cm³/mol. The topological polar surface area (TPSA) is 21.3 Å². The molecule has 3 heteroatoms. The largest absolute Gasteiger partial charge is 0.487 e. The first-order valence-corrected chi connectivity index (χ1v) is 5.79. The molecule has 2 unspecified atom stereocenters. The summed E-state index contributed by atoms with van der Waals surface area (Å²) >= 11 is 0. The molecular formula is C13H18FNO. The van der Waals surface area contributed by atoms with Crippen LogP contribution in [0.25, 0.3) is 0 Å². The molecule has 0 radical (unpaired) electrons. The quantitative estimate of drug-likeness (QED) is 0.850. The molecule has 1 aromatic carbocycles. The molecule has 0 aromatic heterocycles. The Balaban J connectivity index is 2.02. The fourth-order valence-electron chi connectivity index (χ4n) is 2.20. The van der Waals surface area contributed by atoms with Gasteiger partial charge in [-0.3, -0.25) is 0 Å². The van der Waals surface area contributed by atoms with Crippen molar-refractivity contribution in [3.63, 3.8) is 0 Å². The van der Waals surface area contributed by atoms with Crippen LogP contribution in [0.15, 0.2) is 18.2 Å². The highest BCUT2D eigenvalue weighted by Gasteiger charge is 2.25. The van der Waals surface area contributed by atoms with Crippen molar-refractivity contribution in [2.24, 2.45) is 0 Å². The maximum Gasteiger partial charge on any atom is 0.167 e. The van der Waals surface area contributed by atoms with E-state index in [0.717, 1.165) is 19.3 Å². The highest BCUT2D eigenvalue weighted by atomic mass is 19.1. The Bertz CT molecular complexity index is 367. The van der Waals surface area contributed by atoms with Crippen LogP contribution in [0.5, 0.6) is 5.75 Å². The van der Waals surface area contributed by atoms with Gasteiger partial charge in [0, 0.05) is 6.04 Å². The zero-order valence-corrected chi connectivity index (χ0v) is 9.79. The van der Waals surface area contributed by atoms with Crippen LogP contribution >= 0.6 is 0 Å². The minimum atomic E-state index is -0.226. The van der Waals surface area contributed by atoms with Gasteiger partial charge in [0.2, 0.25) is 0 Å². The zero-order valence-electron chi connectivity index (χ0n) is 9.79. The van der Waals surface area contributed by atoms with Crippen molar-refractivity contribution >= 4 is 0 Å². The van der Waals surface area contributed by atoms with Gasteiger partial charge in [-0.25, -0.2) is 4.39 Å². The molecule has 0 bridgehead atoms. The van der Waals surface area contributed by atoms with Crippen LogP contribution in [0.1, 0.15) is 24.8 Å². The van der Waals surface area contributed by atoms with Crippen molar-refractivity contribution in [1.82, 2.24) is 5.32 Å². The molecule has 0 heterocycles. The first-order valence-electron chi connectivity index (χ1n) is 5.79. The molecule has 1 aromatic rings. The number of aryl methyl sites for hydroxylation is 1. The van der Waals surface area contributed by atoms with Crippen molar-refractivity contribution in [3.8, 4) is 5.75 Å². The summed E-state index contributed by atoms with van der Waals surface area (Å²) in [5.74, 6) is 0.164. The first kappa shape index (κ1) is 11.4. The number of ether oxygens (including phenoxy) is 1. The summed E-state index contributed by atoms with van der Waals surface area (Å²) < 4.78 is 19.4. The molecule has 0 amide bonds. The van der Waals surface area contributed by atoms with Gasteiger partial charge in [0.1, 0.15) is 6.10 Å². The molecule has 1 aliphatic carbocycles. The Morgan fingerprint density at radius 1 is 1.38 bits per heavy atom. The Labute approximate surface area is 95.8 Å². The van der Waals surface area contributed by atoms with E-state index in [9.17, 15) is 4.39 Å². The minimum absolute atomic E-state index is 0.147. The van der Waals surface area contributed by atoms with Gasteiger partial charge in [-0.05, 0) is 44.9 Å². The Kier molecular flexibility index (Phi) is 3.44. The summed E-state index contributed by atoms with van der Waals surface area (Å²) in [6.45, 7) is 1.76. The summed E-state index contributed by atoms with van der Waals surface area (Å²) in [5, 5.41) is 3.23. The molecule has 2 nitrogen and oxygen atoms in total.